The van der Waals surface area contributed by atoms with Gasteiger partial charge in [0.1, 0.15) is 12.6 Å². The van der Waals surface area contributed by atoms with Crippen molar-refractivity contribution in [3.05, 3.63) is 36.5 Å². The lowest BCUT2D eigenvalue weighted by molar-refractivity contribution is -0.889. The average Bonchev–Trinajstić information content (AvgIpc) is 3.18. The second kappa shape index (κ2) is 41.3. The molecule has 8 heteroatoms. The van der Waals surface area contributed by atoms with E-state index < -0.39 is 18.1 Å². The Kier molecular flexibility index (Phi) is 39.5. The Morgan fingerprint density at radius 2 is 0.966 bits per heavy atom. The number of allylic oxidation sites excluding steroid dienone is 6. The zero-order chi connectivity index (χ0) is 42.8. The van der Waals surface area contributed by atoms with Crippen LogP contribution in [0.2, 0.25) is 0 Å². The second-order valence-corrected chi connectivity index (χ2v) is 17.3. The molecule has 58 heavy (non-hydrogen) atoms. The predicted octanol–water partition coefficient (Wildman–Crippen LogP) is 12.1. The number of ether oxygens (including phenoxy) is 3. The lowest BCUT2D eigenvalue weighted by atomic mass is 10.0. The highest BCUT2D eigenvalue weighted by atomic mass is 16.6. The number of hydrogen-bond acceptors (Lipinski definition) is 7. The number of nitrogens with zero attached hydrogens (tertiary/aromatic N) is 1. The van der Waals surface area contributed by atoms with E-state index in [0.717, 1.165) is 64.2 Å². The number of carboxylic acid groups (broad SMARTS) is 1. The number of carbonyl (C=O) groups is 3. The van der Waals surface area contributed by atoms with E-state index in [0.29, 0.717) is 12.8 Å². The van der Waals surface area contributed by atoms with Gasteiger partial charge in [0.25, 0.3) is 0 Å². The van der Waals surface area contributed by atoms with Crippen LogP contribution in [0.1, 0.15) is 213 Å². The molecule has 0 saturated heterocycles. The highest BCUT2D eigenvalue weighted by Gasteiger charge is 2.25. The molecule has 0 rings (SSSR count). The van der Waals surface area contributed by atoms with Gasteiger partial charge in [-0.2, -0.15) is 0 Å². The average molecular weight is 818 g/mol. The van der Waals surface area contributed by atoms with E-state index >= 15 is 0 Å². The summed E-state index contributed by atoms with van der Waals surface area (Å²) in [7, 11) is 5.41. The minimum Gasteiger partial charge on any atom is -0.544 e. The third-order valence-corrected chi connectivity index (χ3v) is 10.8. The van der Waals surface area contributed by atoms with Gasteiger partial charge >= 0.3 is 11.9 Å². The molecule has 0 aromatic rings. The summed E-state index contributed by atoms with van der Waals surface area (Å²) < 4.78 is 17.2. The van der Waals surface area contributed by atoms with Gasteiger partial charge < -0.3 is 28.6 Å². The zero-order valence-corrected chi connectivity index (χ0v) is 38.5. The molecule has 0 spiro atoms. The van der Waals surface area contributed by atoms with Gasteiger partial charge in [-0.25, -0.2) is 0 Å². The van der Waals surface area contributed by atoms with Crippen molar-refractivity contribution in [2.45, 2.75) is 225 Å². The van der Waals surface area contributed by atoms with Gasteiger partial charge in [-0.1, -0.05) is 166 Å². The maximum atomic E-state index is 12.7. The molecule has 0 heterocycles. The minimum absolute atomic E-state index is 0.0368. The van der Waals surface area contributed by atoms with E-state index in [1.165, 1.54) is 116 Å². The molecule has 0 aliphatic carbocycles. The van der Waals surface area contributed by atoms with E-state index in [2.05, 4.69) is 50.3 Å². The highest BCUT2D eigenvalue weighted by Crippen LogP contribution is 2.15. The lowest BCUT2D eigenvalue weighted by Crippen LogP contribution is -2.55. The van der Waals surface area contributed by atoms with Gasteiger partial charge in [0, 0.05) is 19.3 Å². The monoisotopic (exact) mass is 818 g/mol. The van der Waals surface area contributed by atoms with Crippen LogP contribution < -0.4 is 5.11 Å². The van der Waals surface area contributed by atoms with Crippen LogP contribution in [0, 0.1) is 0 Å². The minimum atomic E-state index is -1.13. The maximum absolute atomic E-state index is 12.7. The van der Waals surface area contributed by atoms with E-state index in [1.54, 1.807) is 21.1 Å². The Hall–Kier alpha value is -2.45. The van der Waals surface area contributed by atoms with Gasteiger partial charge in [0.2, 0.25) is 0 Å². The van der Waals surface area contributed by atoms with E-state index in [1.807, 2.05) is 0 Å². The third kappa shape index (κ3) is 39.0. The fraction of sp³-hybridized carbons (Fsp3) is 0.820. The normalized spacial score (nSPS) is 13.2. The van der Waals surface area contributed by atoms with Crippen LogP contribution in [-0.4, -0.2) is 75.5 Å². The van der Waals surface area contributed by atoms with Gasteiger partial charge in [-0.15, -0.1) is 0 Å². The molecule has 0 radical (unpaired) electrons. The number of esters is 2. The van der Waals surface area contributed by atoms with Crippen molar-refractivity contribution in [3.63, 3.8) is 0 Å². The molecular formula is C50H91NO7. The Morgan fingerprint density at radius 1 is 0.534 bits per heavy atom. The summed E-state index contributed by atoms with van der Waals surface area (Å²) in [4.78, 5) is 36.9. The van der Waals surface area contributed by atoms with Crippen LogP contribution in [0.3, 0.4) is 0 Å². The maximum Gasteiger partial charge on any atom is 0.306 e. The van der Waals surface area contributed by atoms with Crippen LogP contribution in [-0.2, 0) is 28.6 Å². The van der Waals surface area contributed by atoms with Crippen LogP contribution >= 0.6 is 0 Å². The van der Waals surface area contributed by atoms with Gasteiger partial charge in [-0.05, 0) is 64.2 Å². The van der Waals surface area contributed by atoms with E-state index in [-0.39, 0.29) is 42.7 Å². The molecule has 2 atom stereocenters. The molecule has 0 bridgehead atoms. The van der Waals surface area contributed by atoms with Crippen molar-refractivity contribution < 1.29 is 38.2 Å². The molecule has 0 N–H and O–H groups in total. The lowest BCUT2D eigenvalue weighted by Gasteiger charge is -2.34. The summed E-state index contributed by atoms with van der Waals surface area (Å²) >= 11 is 0. The predicted molar refractivity (Wildman–Crippen MR) is 240 cm³/mol. The number of quaternary nitrogens is 1. The van der Waals surface area contributed by atoms with Gasteiger partial charge in [0.15, 0.2) is 6.10 Å². The van der Waals surface area contributed by atoms with Crippen molar-refractivity contribution >= 4 is 17.9 Å². The molecule has 0 aromatic carbocycles. The van der Waals surface area contributed by atoms with Crippen LogP contribution in [0.4, 0.5) is 0 Å². The van der Waals surface area contributed by atoms with Crippen molar-refractivity contribution in [2.75, 3.05) is 41.0 Å². The Labute approximate surface area is 357 Å². The standard InChI is InChI=1S/C50H91NO7/c1-6-8-10-12-14-16-18-20-21-22-23-24-25-26-27-29-30-32-34-36-38-40-48(52)57-45-46(44-56-43-42-47(50(54)55)51(3,4)5)58-49(53)41-39-37-35-33-31-28-19-17-15-13-11-9-7-2/h8,10,14,16,28,31,46-47H,6-7,9,11-13,15,17-27,29-30,32-45H2,1-5H3/b10-8+,16-14+,31-28+. The van der Waals surface area contributed by atoms with Gasteiger partial charge in [-0.3, -0.25) is 9.59 Å². The van der Waals surface area contributed by atoms with Crippen molar-refractivity contribution in [1.29, 1.82) is 0 Å². The van der Waals surface area contributed by atoms with Crippen molar-refractivity contribution in [3.8, 4) is 0 Å². The number of rotatable bonds is 43. The molecule has 0 aromatic heterocycles. The summed E-state index contributed by atoms with van der Waals surface area (Å²) in [5.41, 5.74) is 0. The molecule has 2 unspecified atom stereocenters. The molecule has 338 valence electrons. The quantitative estimate of drug-likeness (QED) is 0.0261. The first-order valence-corrected chi connectivity index (χ1v) is 24.0. The number of carboxylic acids is 1. The first-order chi connectivity index (χ1) is 28.1. The molecular weight excluding hydrogens is 727 g/mol. The Morgan fingerprint density at radius 3 is 1.45 bits per heavy atom. The molecule has 0 saturated carbocycles. The summed E-state index contributed by atoms with van der Waals surface area (Å²) in [6.45, 7) is 4.55. The second-order valence-electron chi connectivity index (χ2n) is 17.3. The largest absolute Gasteiger partial charge is 0.544 e. The van der Waals surface area contributed by atoms with Crippen LogP contribution in [0.25, 0.3) is 0 Å². The fourth-order valence-electron chi connectivity index (χ4n) is 7.05. The highest BCUT2D eigenvalue weighted by molar-refractivity contribution is 5.70. The van der Waals surface area contributed by atoms with Crippen LogP contribution in [0.15, 0.2) is 36.5 Å². The van der Waals surface area contributed by atoms with Crippen LogP contribution in [0.5, 0.6) is 0 Å². The number of hydrogen-bond donors (Lipinski definition) is 0. The van der Waals surface area contributed by atoms with Gasteiger partial charge in [0.05, 0.1) is 40.3 Å². The number of aliphatic carboxylic acids is 1. The smallest absolute Gasteiger partial charge is 0.306 e. The number of unbranched alkanes of at least 4 members (excludes halogenated alkanes) is 23. The molecule has 0 fully saturated rings. The first kappa shape index (κ1) is 55.5. The van der Waals surface area contributed by atoms with E-state index in [9.17, 15) is 19.5 Å². The van der Waals surface area contributed by atoms with E-state index in [4.69, 9.17) is 14.2 Å². The summed E-state index contributed by atoms with van der Waals surface area (Å²) in [6.07, 6.45) is 47.5. The van der Waals surface area contributed by atoms with Crippen molar-refractivity contribution in [1.82, 2.24) is 0 Å². The molecule has 8 nitrogen and oxygen atoms in total. The SMILES string of the molecule is CC/C=C/C/C=C/CCCCCCCCCCCCCCCCC(=O)OCC(COCCC(C(=O)[O-])[N+](C)(C)C)OC(=O)CCCCC/C=C/CCCCCCCC. The molecule has 0 aliphatic heterocycles. The first-order valence-electron chi connectivity index (χ1n) is 24.0. The fourth-order valence-corrected chi connectivity index (χ4v) is 7.05. The summed E-state index contributed by atoms with van der Waals surface area (Å²) in [5.74, 6) is -1.75. The zero-order valence-electron chi connectivity index (χ0n) is 38.5. The Bertz CT molecular complexity index is 1050. The Balaban J connectivity index is 4.22. The molecule has 0 aliphatic rings. The number of likely N-dealkylation sites (N-methyl/N-ethyl adjacent to an activating group) is 1. The number of carbonyl (C=O) groups excluding carboxylic acids is 3. The molecule has 0 amide bonds. The summed E-state index contributed by atoms with van der Waals surface area (Å²) in [5, 5.41) is 11.6. The third-order valence-electron chi connectivity index (χ3n) is 10.8. The summed E-state index contributed by atoms with van der Waals surface area (Å²) in [6, 6.07) is -0.727. The topological polar surface area (TPSA) is 102 Å². The van der Waals surface area contributed by atoms with Crippen molar-refractivity contribution in [2.24, 2.45) is 0 Å².